The fourth-order valence-electron chi connectivity index (χ4n) is 4.53. The molecule has 2 N–H and O–H groups in total. The minimum absolute atomic E-state index is 0.0251. The first-order valence-electron chi connectivity index (χ1n) is 12.5. The zero-order valence-electron chi connectivity index (χ0n) is 20.9. The summed E-state index contributed by atoms with van der Waals surface area (Å²) >= 11 is 0. The van der Waals surface area contributed by atoms with Crippen LogP contribution in [0.2, 0.25) is 0 Å². The third-order valence-corrected chi connectivity index (χ3v) is 6.70. The van der Waals surface area contributed by atoms with E-state index in [4.69, 9.17) is 14.3 Å². The molecule has 0 aromatic carbocycles. The van der Waals surface area contributed by atoms with Crippen LogP contribution in [0.3, 0.4) is 0 Å². The van der Waals surface area contributed by atoms with Crippen LogP contribution in [0.15, 0.2) is 17.3 Å². The Hall–Kier alpha value is -2.58. The molecule has 2 fully saturated rings. The molecular weight excluding hydrogens is 438 g/mol. The van der Waals surface area contributed by atoms with E-state index in [1.807, 2.05) is 13.8 Å². The summed E-state index contributed by atoms with van der Waals surface area (Å²) in [6.45, 7) is 8.92. The molecule has 2 aliphatic rings. The Morgan fingerprint density at radius 3 is 1.82 bits per heavy atom. The third kappa shape index (κ3) is 10.6. The van der Waals surface area contributed by atoms with E-state index < -0.39 is 18.2 Å². The largest absolute Gasteiger partial charge is 0.459 e. The Morgan fingerprint density at radius 2 is 1.32 bits per heavy atom. The molecule has 0 aromatic heterocycles. The maximum Gasteiger partial charge on any atom is 0.433 e. The Morgan fingerprint density at radius 1 is 0.824 bits per heavy atom. The molecule has 0 bridgehead atoms. The van der Waals surface area contributed by atoms with Gasteiger partial charge in [0.15, 0.2) is 0 Å². The molecular formula is C25H41N3O6. The first kappa shape index (κ1) is 27.7. The quantitative estimate of drug-likeness (QED) is 0.116. The lowest BCUT2D eigenvalue weighted by Crippen LogP contribution is -2.39. The number of hydrogen-bond donors (Lipinski definition) is 2. The zero-order valence-corrected chi connectivity index (χ0v) is 20.9. The van der Waals surface area contributed by atoms with Crippen molar-refractivity contribution >= 4 is 23.9 Å². The summed E-state index contributed by atoms with van der Waals surface area (Å²) in [6, 6.07) is 0.294. The van der Waals surface area contributed by atoms with Gasteiger partial charge in [0.25, 0.3) is 0 Å². The number of esters is 1. The van der Waals surface area contributed by atoms with E-state index in [1.165, 1.54) is 6.42 Å². The van der Waals surface area contributed by atoms with Gasteiger partial charge in [-0.3, -0.25) is 4.84 Å². The van der Waals surface area contributed by atoms with Gasteiger partial charge in [0.05, 0.1) is 5.71 Å². The first-order valence-corrected chi connectivity index (χ1v) is 12.5. The van der Waals surface area contributed by atoms with Crippen molar-refractivity contribution in [3.8, 4) is 0 Å². The van der Waals surface area contributed by atoms with Crippen LogP contribution in [0.4, 0.5) is 9.59 Å². The van der Waals surface area contributed by atoms with Crippen LogP contribution in [0.1, 0.15) is 85.0 Å². The zero-order chi connectivity index (χ0) is 24.9. The van der Waals surface area contributed by atoms with E-state index in [0.29, 0.717) is 17.4 Å². The van der Waals surface area contributed by atoms with Crippen molar-refractivity contribution in [2.45, 2.75) is 97.1 Å². The molecule has 0 spiro atoms. The molecule has 0 aromatic rings. The minimum atomic E-state index is -0.484. The summed E-state index contributed by atoms with van der Waals surface area (Å²) in [5.74, 6) is 0.888. The second-order valence-corrected chi connectivity index (χ2v) is 9.57. The van der Waals surface area contributed by atoms with Gasteiger partial charge < -0.3 is 20.1 Å². The van der Waals surface area contributed by atoms with Gasteiger partial charge in [-0.15, -0.1) is 0 Å². The number of hydrogen-bond acceptors (Lipinski definition) is 7. The van der Waals surface area contributed by atoms with Crippen molar-refractivity contribution in [3.05, 3.63) is 12.2 Å². The Bertz CT molecular complexity index is 722. The average molecular weight is 480 g/mol. The molecule has 9 nitrogen and oxygen atoms in total. The summed E-state index contributed by atoms with van der Waals surface area (Å²) < 4.78 is 9.99. The van der Waals surface area contributed by atoms with Crippen molar-refractivity contribution in [3.63, 3.8) is 0 Å². The second-order valence-electron chi connectivity index (χ2n) is 9.57. The second kappa shape index (κ2) is 14.6. The predicted molar refractivity (Wildman–Crippen MR) is 129 cm³/mol. The van der Waals surface area contributed by atoms with Gasteiger partial charge in [-0.1, -0.05) is 18.7 Å². The summed E-state index contributed by atoms with van der Waals surface area (Å²) in [5, 5.41) is 9.65. The van der Waals surface area contributed by atoms with Crippen molar-refractivity contribution < 1.29 is 28.7 Å². The summed E-state index contributed by atoms with van der Waals surface area (Å²) in [5.41, 5.74) is 1.11. The highest BCUT2D eigenvalue weighted by atomic mass is 16.7. The lowest BCUT2D eigenvalue weighted by atomic mass is 9.76. The SMILES string of the molecule is C=C(C)C(=O)OCCOC(=O)NC1CCC(CC2CCC(NC(=O)ON=C(C)CC)CC2)CC1. The molecule has 0 atom stereocenters. The number of ether oxygens (including phenoxy) is 2. The van der Waals surface area contributed by atoms with Crippen LogP contribution < -0.4 is 10.6 Å². The van der Waals surface area contributed by atoms with Crippen molar-refractivity contribution in [1.82, 2.24) is 10.6 Å². The van der Waals surface area contributed by atoms with Crippen LogP contribution in [-0.2, 0) is 19.1 Å². The van der Waals surface area contributed by atoms with Gasteiger partial charge in [-0.2, -0.15) is 0 Å². The number of nitrogens with zero attached hydrogens (tertiary/aromatic N) is 1. The number of amides is 2. The molecule has 9 heteroatoms. The lowest BCUT2D eigenvalue weighted by Gasteiger charge is -2.34. The van der Waals surface area contributed by atoms with Crippen molar-refractivity contribution in [2.24, 2.45) is 17.0 Å². The molecule has 0 aliphatic heterocycles. The van der Waals surface area contributed by atoms with Gasteiger partial charge in [-0.05, 0) is 89.9 Å². The molecule has 2 amide bonds. The van der Waals surface area contributed by atoms with Crippen molar-refractivity contribution in [2.75, 3.05) is 13.2 Å². The lowest BCUT2D eigenvalue weighted by molar-refractivity contribution is -0.139. The highest BCUT2D eigenvalue weighted by molar-refractivity contribution is 5.86. The van der Waals surface area contributed by atoms with Gasteiger partial charge in [0.2, 0.25) is 0 Å². The molecule has 0 heterocycles. The summed E-state index contributed by atoms with van der Waals surface area (Å²) in [4.78, 5) is 40.0. The Balaban J connectivity index is 1.55. The number of carbonyl (C=O) groups is 3. The molecule has 192 valence electrons. The number of oxime groups is 1. The van der Waals surface area contributed by atoms with E-state index in [9.17, 15) is 14.4 Å². The number of nitrogens with one attached hydrogen (secondary N) is 2. The van der Waals surface area contributed by atoms with E-state index in [0.717, 1.165) is 63.5 Å². The predicted octanol–water partition coefficient (Wildman–Crippen LogP) is 4.85. The van der Waals surface area contributed by atoms with Crippen LogP contribution in [0, 0.1) is 11.8 Å². The smallest absolute Gasteiger partial charge is 0.433 e. The van der Waals surface area contributed by atoms with Gasteiger partial charge in [0, 0.05) is 17.7 Å². The number of rotatable bonds is 10. The Labute approximate surface area is 203 Å². The van der Waals surface area contributed by atoms with E-state index in [-0.39, 0.29) is 25.3 Å². The maximum atomic E-state index is 11.9. The van der Waals surface area contributed by atoms with E-state index >= 15 is 0 Å². The van der Waals surface area contributed by atoms with Gasteiger partial charge in [0.1, 0.15) is 13.2 Å². The molecule has 0 unspecified atom stereocenters. The van der Waals surface area contributed by atoms with Crippen LogP contribution >= 0.6 is 0 Å². The van der Waals surface area contributed by atoms with Gasteiger partial charge in [-0.25, -0.2) is 14.4 Å². The van der Waals surface area contributed by atoms with E-state index in [2.05, 4.69) is 22.4 Å². The maximum absolute atomic E-state index is 11.9. The summed E-state index contributed by atoms with van der Waals surface area (Å²) in [7, 11) is 0. The minimum Gasteiger partial charge on any atom is -0.459 e. The highest BCUT2D eigenvalue weighted by Crippen LogP contribution is 2.35. The molecule has 2 aliphatic carbocycles. The fourth-order valence-corrected chi connectivity index (χ4v) is 4.53. The molecule has 2 rings (SSSR count). The molecule has 34 heavy (non-hydrogen) atoms. The van der Waals surface area contributed by atoms with Crippen LogP contribution in [-0.4, -0.2) is 49.2 Å². The molecule has 2 saturated carbocycles. The number of carbonyl (C=O) groups excluding carboxylic acids is 3. The van der Waals surface area contributed by atoms with Crippen molar-refractivity contribution in [1.29, 1.82) is 0 Å². The summed E-state index contributed by atoms with van der Waals surface area (Å²) in [6.07, 6.45) is 9.31. The topological polar surface area (TPSA) is 115 Å². The molecule has 0 saturated heterocycles. The Kier molecular flexibility index (Phi) is 11.9. The normalized spacial score (nSPS) is 25.1. The number of alkyl carbamates (subject to hydrolysis) is 1. The average Bonchev–Trinajstić information content (AvgIpc) is 2.82. The first-order chi connectivity index (χ1) is 16.3. The highest BCUT2D eigenvalue weighted by Gasteiger charge is 2.28. The standard InChI is InChI=1S/C25H41N3O6/c1-5-18(4)28-34-25(31)27-22-12-8-20(9-13-22)16-19-6-10-21(11-7-19)26-24(30)33-15-14-32-23(29)17(2)3/h19-22H,2,5-16H2,1,3-4H3,(H,26,30)(H,27,31). The van der Waals surface area contributed by atoms with Gasteiger partial charge >= 0.3 is 18.2 Å². The van der Waals surface area contributed by atoms with Crippen LogP contribution in [0.5, 0.6) is 0 Å². The van der Waals surface area contributed by atoms with Crippen LogP contribution in [0.25, 0.3) is 0 Å². The fraction of sp³-hybridized carbons (Fsp3) is 0.760. The van der Waals surface area contributed by atoms with E-state index in [1.54, 1.807) is 6.92 Å². The third-order valence-electron chi connectivity index (χ3n) is 6.70. The molecule has 0 radical (unpaired) electrons. The monoisotopic (exact) mass is 479 g/mol.